The molecule has 1 amide bonds. The number of hydrogen-bond donors (Lipinski definition) is 1. The fraction of sp³-hybridized carbons (Fsp3) is 0.357. The van der Waals surface area contributed by atoms with Gasteiger partial charge >= 0.3 is 5.97 Å². The lowest BCUT2D eigenvalue weighted by Gasteiger charge is -2.18. The lowest BCUT2D eigenvalue weighted by molar-refractivity contribution is -0.137. The second-order valence-corrected chi connectivity index (χ2v) is 6.02. The Labute approximate surface area is 125 Å². The Balaban J connectivity index is 1.76. The molecule has 0 spiro atoms. The van der Waals surface area contributed by atoms with Crippen molar-refractivity contribution in [3.63, 3.8) is 0 Å². The van der Waals surface area contributed by atoms with Crippen LogP contribution in [0.4, 0.5) is 0 Å². The molecule has 0 unspecified atom stereocenters. The van der Waals surface area contributed by atoms with Crippen LogP contribution in [0.5, 0.6) is 0 Å². The summed E-state index contributed by atoms with van der Waals surface area (Å²) in [5, 5.41) is 14.6. The summed E-state index contributed by atoms with van der Waals surface area (Å²) in [6.07, 6.45) is 2.09. The smallest absolute Gasteiger partial charge is 0.323 e. The molecule has 1 aliphatic rings. The van der Waals surface area contributed by atoms with Gasteiger partial charge in [0.05, 0.1) is 4.88 Å². The molecular weight excluding hydrogens is 292 g/mol. The number of rotatable bonds is 6. The van der Waals surface area contributed by atoms with Crippen LogP contribution in [0.25, 0.3) is 10.6 Å². The van der Waals surface area contributed by atoms with Crippen molar-refractivity contribution >= 4 is 23.2 Å². The maximum absolute atomic E-state index is 12.4. The molecule has 1 aliphatic carbocycles. The van der Waals surface area contributed by atoms with Crippen molar-refractivity contribution in [3.8, 4) is 10.6 Å². The lowest BCUT2D eigenvalue weighted by Crippen LogP contribution is -2.37. The van der Waals surface area contributed by atoms with Crippen LogP contribution >= 0.6 is 11.3 Å². The highest BCUT2D eigenvalue weighted by Crippen LogP contribution is 2.30. The van der Waals surface area contributed by atoms with E-state index in [0.29, 0.717) is 18.2 Å². The molecule has 1 saturated carbocycles. The van der Waals surface area contributed by atoms with Crippen LogP contribution in [0.3, 0.4) is 0 Å². The monoisotopic (exact) mass is 306 g/mol. The van der Waals surface area contributed by atoms with Gasteiger partial charge in [0.2, 0.25) is 0 Å². The minimum absolute atomic E-state index is 0.153. The molecule has 0 bridgehead atoms. The van der Waals surface area contributed by atoms with Crippen LogP contribution in [0.15, 0.2) is 28.1 Å². The van der Waals surface area contributed by atoms with Crippen molar-refractivity contribution in [2.45, 2.75) is 12.8 Å². The summed E-state index contributed by atoms with van der Waals surface area (Å²) >= 11 is 1.49. The second kappa shape index (κ2) is 5.69. The third-order valence-electron chi connectivity index (χ3n) is 3.28. The predicted octanol–water partition coefficient (Wildman–Crippen LogP) is 2.34. The fourth-order valence-corrected chi connectivity index (χ4v) is 2.74. The van der Waals surface area contributed by atoms with Gasteiger partial charge in [0, 0.05) is 12.6 Å². The predicted molar refractivity (Wildman–Crippen MR) is 76.1 cm³/mol. The Morgan fingerprint density at radius 1 is 1.48 bits per heavy atom. The molecule has 2 heterocycles. The molecule has 7 heteroatoms. The molecule has 6 nitrogen and oxygen atoms in total. The van der Waals surface area contributed by atoms with E-state index in [1.54, 1.807) is 6.07 Å². The zero-order valence-corrected chi connectivity index (χ0v) is 12.0. The molecule has 1 N–H and O–H groups in total. The molecule has 3 rings (SSSR count). The van der Waals surface area contributed by atoms with Gasteiger partial charge in [-0.3, -0.25) is 9.59 Å². The highest BCUT2D eigenvalue weighted by molar-refractivity contribution is 7.13. The van der Waals surface area contributed by atoms with E-state index < -0.39 is 11.9 Å². The van der Waals surface area contributed by atoms with Crippen molar-refractivity contribution < 1.29 is 19.2 Å². The molecule has 0 atom stereocenters. The molecule has 0 aliphatic heterocycles. The van der Waals surface area contributed by atoms with Gasteiger partial charge in [0.25, 0.3) is 5.91 Å². The molecule has 2 aromatic heterocycles. The number of carboxylic acid groups (broad SMARTS) is 1. The van der Waals surface area contributed by atoms with Gasteiger partial charge in [-0.25, -0.2) is 0 Å². The summed E-state index contributed by atoms with van der Waals surface area (Å²) in [6.45, 7) is 0.156. The molecule has 0 aromatic carbocycles. The minimum atomic E-state index is -1.02. The first-order valence-electron chi connectivity index (χ1n) is 6.65. The number of aliphatic carboxylic acids is 1. The van der Waals surface area contributed by atoms with E-state index in [1.807, 2.05) is 17.5 Å². The molecule has 0 radical (unpaired) electrons. The van der Waals surface area contributed by atoms with Gasteiger partial charge in [0.15, 0.2) is 11.5 Å². The number of carbonyl (C=O) groups is 2. The first-order valence-corrected chi connectivity index (χ1v) is 7.53. The fourth-order valence-electron chi connectivity index (χ4n) is 2.07. The van der Waals surface area contributed by atoms with Crippen molar-refractivity contribution in [2.24, 2.45) is 5.92 Å². The third-order valence-corrected chi connectivity index (χ3v) is 4.17. The SMILES string of the molecule is O=C(O)CN(CC1CC1)C(=O)c1cc(-c2cccs2)on1. The molecule has 110 valence electrons. The van der Waals surface area contributed by atoms with E-state index in [9.17, 15) is 9.59 Å². The lowest BCUT2D eigenvalue weighted by atomic mass is 10.2. The summed E-state index contributed by atoms with van der Waals surface area (Å²) in [5.74, 6) is -0.478. The number of nitrogens with zero attached hydrogens (tertiary/aromatic N) is 2. The average Bonchev–Trinajstić information content (AvgIpc) is 2.96. The minimum Gasteiger partial charge on any atom is -0.480 e. The van der Waals surface area contributed by atoms with Crippen molar-refractivity contribution in [1.82, 2.24) is 10.1 Å². The van der Waals surface area contributed by atoms with Crippen molar-refractivity contribution in [3.05, 3.63) is 29.3 Å². The Bertz CT molecular complexity index is 646. The molecular formula is C14H14N2O4S. The number of hydrogen-bond acceptors (Lipinski definition) is 5. The molecule has 1 fully saturated rings. The number of thiophene rings is 1. The average molecular weight is 306 g/mol. The van der Waals surface area contributed by atoms with E-state index >= 15 is 0 Å². The van der Waals surface area contributed by atoms with Gasteiger partial charge in [-0.2, -0.15) is 0 Å². The van der Waals surface area contributed by atoms with Crippen LogP contribution in [0.2, 0.25) is 0 Å². The molecule has 0 saturated heterocycles. The zero-order valence-electron chi connectivity index (χ0n) is 11.2. The number of amides is 1. The third kappa shape index (κ3) is 3.30. The van der Waals surface area contributed by atoms with Gasteiger partial charge in [-0.05, 0) is 30.2 Å². The highest BCUT2D eigenvalue weighted by Gasteiger charge is 2.29. The number of carboxylic acids is 1. The molecule has 21 heavy (non-hydrogen) atoms. The van der Waals surface area contributed by atoms with E-state index in [1.165, 1.54) is 16.2 Å². The Hall–Kier alpha value is -2.15. The summed E-state index contributed by atoms with van der Waals surface area (Å²) < 4.78 is 5.17. The van der Waals surface area contributed by atoms with Crippen LogP contribution in [-0.4, -0.2) is 40.1 Å². The van der Waals surface area contributed by atoms with Gasteiger partial charge in [-0.1, -0.05) is 11.2 Å². The summed E-state index contributed by atoms with van der Waals surface area (Å²) in [5.41, 5.74) is 0.153. The van der Waals surface area contributed by atoms with Gasteiger partial charge in [-0.15, -0.1) is 11.3 Å². The first-order chi connectivity index (χ1) is 10.1. The van der Waals surface area contributed by atoms with Crippen molar-refractivity contribution in [2.75, 3.05) is 13.1 Å². The summed E-state index contributed by atoms with van der Waals surface area (Å²) in [7, 11) is 0. The van der Waals surface area contributed by atoms with Crippen molar-refractivity contribution in [1.29, 1.82) is 0 Å². The van der Waals surface area contributed by atoms with Gasteiger partial charge in [0.1, 0.15) is 6.54 Å². The maximum atomic E-state index is 12.4. The van der Waals surface area contributed by atoms with E-state index in [2.05, 4.69) is 5.16 Å². The number of aromatic nitrogens is 1. The highest BCUT2D eigenvalue weighted by atomic mass is 32.1. The van der Waals surface area contributed by atoms with E-state index in [4.69, 9.17) is 9.63 Å². The number of carbonyl (C=O) groups excluding carboxylic acids is 1. The summed E-state index contributed by atoms with van der Waals surface area (Å²) in [6, 6.07) is 5.32. The second-order valence-electron chi connectivity index (χ2n) is 5.08. The molecule has 2 aromatic rings. The standard InChI is InChI=1S/C14H14N2O4S/c17-13(18)8-16(7-9-3-4-9)14(19)10-6-11(20-15-10)12-2-1-5-21-12/h1-2,5-6,9H,3-4,7-8H2,(H,17,18). The van der Waals surface area contributed by atoms with Crippen LogP contribution in [0, 0.1) is 5.92 Å². The van der Waals surface area contributed by atoms with Crippen LogP contribution < -0.4 is 0 Å². The zero-order chi connectivity index (χ0) is 14.8. The van der Waals surface area contributed by atoms with E-state index in [-0.39, 0.29) is 12.2 Å². The Kier molecular flexibility index (Phi) is 3.74. The maximum Gasteiger partial charge on any atom is 0.323 e. The topological polar surface area (TPSA) is 83.6 Å². The largest absolute Gasteiger partial charge is 0.480 e. The van der Waals surface area contributed by atoms with E-state index in [0.717, 1.165) is 17.7 Å². The summed E-state index contributed by atoms with van der Waals surface area (Å²) in [4.78, 5) is 25.5. The quantitative estimate of drug-likeness (QED) is 0.885. The van der Waals surface area contributed by atoms with Crippen LogP contribution in [0.1, 0.15) is 23.3 Å². The Morgan fingerprint density at radius 3 is 2.90 bits per heavy atom. The Morgan fingerprint density at radius 2 is 2.29 bits per heavy atom. The normalized spacial score (nSPS) is 14.1. The first kappa shape index (κ1) is 13.8. The van der Waals surface area contributed by atoms with Crippen LogP contribution in [-0.2, 0) is 4.79 Å². The van der Waals surface area contributed by atoms with Gasteiger partial charge < -0.3 is 14.5 Å².